The summed E-state index contributed by atoms with van der Waals surface area (Å²) in [7, 11) is 2.10. The predicted molar refractivity (Wildman–Crippen MR) is 118 cm³/mol. The number of furan rings is 1. The molecule has 0 bridgehead atoms. The lowest BCUT2D eigenvalue weighted by Gasteiger charge is -2.11. The van der Waals surface area contributed by atoms with Crippen LogP contribution < -0.4 is 4.57 Å². The van der Waals surface area contributed by atoms with E-state index in [1.54, 1.807) is 0 Å². The molecule has 0 aliphatic carbocycles. The first-order valence-electron chi connectivity index (χ1n) is 9.63. The molecule has 2 heterocycles. The van der Waals surface area contributed by atoms with Gasteiger partial charge < -0.3 is 4.42 Å². The van der Waals surface area contributed by atoms with Gasteiger partial charge in [0.2, 0.25) is 5.52 Å². The van der Waals surface area contributed by atoms with E-state index >= 15 is 0 Å². The number of aryl methyl sites for hydroxylation is 2. The van der Waals surface area contributed by atoms with Gasteiger partial charge in [0.25, 0.3) is 0 Å². The molecule has 3 nitrogen and oxygen atoms in total. The molecule has 0 saturated carbocycles. The SMILES string of the molecule is [C-]#[N+]c1ccc2c(c1)oc1c(C)c3c(cc12)c1ccccc1c1ccc[n+](C)c13. The number of pyridine rings is 1. The zero-order chi connectivity index (χ0) is 19.7. The van der Waals surface area contributed by atoms with Crippen molar-refractivity contribution in [3.05, 3.63) is 83.8 Å². The lowest BCUT2D eigenvalue weighted by molar-refractivity contribution is -0.644. The van der Waals surface area contributed by atoms with E-state index in [4.69, 9.17) is 11.0 Å². The molecule has 6 rings (SSSR count). The maximum absolute atomic E-state index is 7.30. The summed E-state index contributed by atoms with van der Waals surface area (Å²) in [5.74, 6) is 0. The van der Waals surface area contributed by atoms with E-state index in [1.807, 2.05) is 18.2 Å². The van der Waals surface area contributed by atoms with Gasteiger partial charge in [0.1, 0.15) is 18.2 Å². The summed E-state index contributed by atoms with van der Waals surface area (Å²) < 4.78 is 8.48. The number of hydrogen-bond acceptors (Lipinski definition) is 1. The molecule has 0 aliphatic heterocycles. The fourth-order valence-electron chi connectivity index (χ4n) is 4.74. The summed E-state index contributed by atoms with van der Waals surface area (Å²) in [6, 6.07) is 20.9. The van der Waals surface area contributed by atoms with Crippen LogP contribution in [-0.4, -0.2) is 0 Å². The number of aromatic nitrogens is 1. The Hall–Kier alpha value is -3.90. The minimum Gasteiger partial charge on any atom is -0.457 e. The molecule has 136 valence electrons. The van der Waals surface area contributed by atoms with Crippen molar-refractivity contribution in [2.24, 2.45) is 7.05 Å². The largest absolute Gasteiger partial charge is 0.457 e. The molecule has 0 radical (unpaired) electrons. The Morgan fingerprint density at radius 3 is 2.38 bits per heavy atom. The smallest absolute Gasteiger partial charge is 0.221 e. The van der Waals surface area contributed by atoms with Gasteiger partial charge in [0.05, 0.1) is 17.3 Å². The summed E-state index contributed by atoms with van der Waals surface area (Å²) in [6.07, 6.45) is 2.10. The third-order valence-corrected chi connectivity index (χ3v) is 6.04. The Morgan fingerprint density at radius 2 is 1.59 bits per heavy atom. The minimum absolute atomic E-state index is 0.598. The fourth-order valence-corrected chi connectivity index (χ4v) is 4.74. The first kappa shape index (κ1) is 16.1. The maximum Gasteiger partial charge on any atom is 0.221 e. The van der Waals surface area contributed by atoms with E-state index in [0.29, 0.717) is 5.69 Å². The van der Waals surface area contributed by atoms with Gasteiger partial charge in [-0.25, -0.2) is 9.41 Å². The van der Waals surface area contributed by atoms with Crippen LogP contribution in [0, 0.1) is 13.5 Å². The van der Waals surface area contributed by atoms with E-state index in [9.17, 15) is 0 Å². The molecule has 0 unspecified atom stereocenters. The zero-order valence-corrected chi connectivity index (χ0v) is 16.2. The molecular weight excluding hydrogens is 356 g/mol. The summed E-state index contributed by atoms with van der Waals surface area (Å²) in [4.78, 5) is 3.55. The molecular formula is C26H17N2O+. The Bertz CT molecular complexity index is 1680. The second kappa shape index (κ2) is 5.56. The predicted octanol–water partition coefficient (Wildman–Crippen LogP) is 6.73. The highest BCUT2D eigenvalue weighted by molar-refractivity contribution is 6.27. The van der Waals surface area contributed by atoms with Gasteiger partial charge in [-0.2, -0.15) is 0 Å². The van der Waals surface area contributed by atoms with Crippen LogP contribution in [-0.2, 0) is 7.05 Å². The van der Waals surface area contributed by atoms with Crippen LogP contribution in [0.25, 0.3) is 59.2 Å². The van der Waals surface area contributed by atoms with Crippen molar-refractivity contribution in [1.82, 2.24) is 0 Å². The molecule has 2 aromatic heterocycles. The van der Waals surface area contributed by atoms with E-state index in [0.717, 1.165) is 27.5 Å². The normalized spacial score (nSPS) is 11.8. The number of rotatable bonds is 0. The van der Waals surface area contributed by atoms with Crippen LogP contribution in [0.2, 0.25) is 0 Å². The van der Waals surface area contributed by atoms with Crippen LogP contribution in [0.5, 0.6) is 0 Å². The lowest BCUT2D eigenvalue weighted by Crippen LogP contribution is -2.28. The molecule has 0 fully saturated rings. The Morgan fingerprint density at radius 1 is 0.828 bits per heavy atom. The highest BCUT2D eigenvalue weighted by Crippen LogP contribution is 2.41. The van der Waals surface area contributed by atoms with Gasteiger partial charge >= 0.3 is 0 Å². The third-order valence-electron chi connectivity index (χ3n) is 6.04. The standard InChI is InChI=1S/C26H17N2O/c1-15-24-21(14-22-19-11-10-16(27-2)13-23(19)29-26(15)22)18-8-5-4-7-17(18)20-9-6-12-28(3)25(20)24/h4-14H,1,3H3/q+1. The van der Waals surface area contributed by atoms with Gasteiger partial charge in [0.15, 0.2) is 11.9 Å². The highest BCUT2D eigenvalue weighted by atomic mass is 16.3. The number of benzene rings is 4. The quantitative estimate of drug-likeness (QED) is 0.164. The van der Waals surface area contributed by atoms with E-state index in [2.05, 4.69) is 72.0 Å². The van der Waals surface area contributed by atoms with Crippen LogP contribution in [0.3, 0.4) is 0 Å². The van der Waals surface area contributed by atoms with Crippen molar-refractivity contribution < 1.29 is 8.98 Å². The second-order valence-electron chi connectivity index (χ2n) is 7.62. The van der Waals surface area contributed by atoms with Gasteiger partial charge in [0, 0.05) is 22.4 Å². The van der Waals surface area contributed by atoms with Crippen molar-refractivity contribution in [2.75, 3.05) is 0 Å². The second-order valence-corrected chi connectivity index (χ2v) is 7.62. The van der Waals surface area contributed by atoms with Gasteiger partial charge in [-0.05, 0) is 41.3 Å². The molecule has 0 spiro atoms. The van der Waals surface area contributed by atoms with Gasteiger partial charge in [-0.1, -0.05) is 36.4 Å². The molecule has 29 heavy (non-hydrogen) atoms. The third kappa shape index (κ3) is 2.03. The lowest BCUT2D eigenvalue weighted by atomic mass is 9.92. The summed E-state index contributed by atoms with van der Waals surface area (Å²) in [5, 5.41) is 8.36. The zero-order valence-electron chi connectivity index (χ0n) is 16.2. The highest BCUT2D eigenvalue weighted by Gasteiger charge is 2.21. The molecule has 0 saturated heterocycles. The number of fused-ring (bicyclic) bond motifs is 9. The van der Waals surface area contributed by atoms with Crippen LogP contribution in [0.4, 0.5) is 5.69 Å². The van der Waals surface area contributed by atoms with Crippen molar-refractivity contribution in [3.63, 3.8) is 0 Å². The van der Waals surface area contributed by atoms with Crippen molar-refractivity contribution >= 4 is 60.1 Å². The number of hydrogen-bond donors (Lipinski definition) is 0. The summed E-state index contributed by atoms with van der Waals surface area (Å²) in [6.45, 7) is 9.44. The molecule has 0 amide bonds. The molecule has 0 aliphatic rings. The molecule has 4 aromatic carbocycles. The average molecular weight is 373 g/mol. The van der Waals surface area contributed by atoms with E-state index in [1.165, 1.54) is 32.4 Å². The first-order valence-corrected chi connectivity index (χ1v) is 9.63. The molecule has 6 aromatic rings. The summed E-state index contributed by atoms with van der Waals surface area (Å²) >= 11 is 0. The van der Waals surface area contributed by atoms with Crippen LogP contribution in [0.15, 0.2) is 71.3 Å². The summed E-state index contributed by atoms with van der Waals surface area (Å²) in [5.41, 5.74) is 4.61. The monoisotopic (exact) mass is 373 g/mol. The van der Waals surface area contributed by atoms with E-state index in [-0.39, 0.29) is 0 Å². The number of nitrogens with zero attached hydrogens (tertiary/aromatic N) is 2. The van der Waals surface area contributed by atoms with Crippen LogP contribution in [0.1, 0.15) is 5.56 Å². The van der Waals surface area contributed by atoms with Crippen molar-refractivity contribution in [3.8, 4) is 0 Å². The van der Waals surface area contributed by atoms with Crippen molar-refractivity contribution in [1.29, 1.82) is 0 Å². The molecule has 0 N–H and O–H groups in total. The molecule has 0 atom stereocenters. The Kier molecular flexibility index (Phi) is 3.08. The van der Waals surface area contributed by atoms with Gasteiger partial charge in [-0.15, -0.1) is 0 Å². The van der Waals surface area contributed by atoms with Gasteiger partial charge in [-0.3, -0.25) is 0 Å². The molecule has 3 heteroatoms. The topological polar surface area (TPSA) is 21.4 Å². The van der Waals surface area contributed by atoms with Crippen molar-refractivity contribution in [2.45, 2.75) is 6.92 Å². The first-order chi connectivity index (χ1) is 14.2. The fraction of sp³-hybridized carbons (Fsp3) is 0.0769. The average Bonchev–Trinajstić information content (AvgIpc) is 3.12. The maximum atomic E-state index is 7.30. The Balaban J connectivity index is 1.96. The Labute approximate surface area is 167 Å². The van der Waals surface area contributed by atoms with Crippen LogP contribution >= 0.6 is 0 Å². The van der Waals surface area contributed by atoms with E-state index < -0.39 is 0 Å². The minimum atomic E-state index is 0.598.